The highest BCUT2D eigenvalue weighted by Gasteiger charge is 2.38. The second kappa shape index (κ2) is 7.93. The lowest BCUT2D eigenvalue weighted by Gasteiger charge is -2.14. The molecule has 0 amide bonds. The third-order valence-electron chi connectivity index (χ3n) is 2.70. The Balaban J connectivity index is 3.15. The first-order valence-electron chi connectivity index (χ1n) is 6.56. The lowest BCUT2D eigenvalue weighted by atomic mass is 9.97. The van der Waals surface area contributed by atoms with Crippen LogP contribution in [0, 0.1) is 12.8 Å². The molecule has 0 saturated carbocycles. The van der Waals surface area contributed by atoms with Crippen LogP contribution in [0.5, 0.6) is 0 Å². The van der Waals surface area contributed by atoms with Crippen molar-refractivity contribution in [1.82, 2.24) is 0 Å². The number of esters is 2. The van der Waals surface area contributed by atoms with Crippen LogP contribution in [0.2, 0.25) is 0 Å². The zero-order valence-electron chi connectivity index (χ0n) is 12.1. The fraction of sp³-hybridized carbons (Fsp3) is 0.400. The third kappa shape index (κ3) is 4.39. The Morgan fingerprint density at radius 2 is 1.62 bits per heavy atom. The Morgan fingerprint density at radius 3 is 2.05 bits per heavy atom. The zero-order valence-corrected chi connectivity index (χ0v) is 13.7. The summed E-state index contributed by atoms with van der Waals surface area (Å²) in [5, 5.41) is 0. The summed E-state index contributed by atoms with van der Waals surface area (Å²) >= 11 is 3.27. The molecule has 114 valence electrons. The van der Waals surface area contributed by atoms with Crippen molar-refractivity contribution in [2.45, 2.75) is 20.8 Å². The van der Waals surface area contributed by atoms with Gasteiger partial charge in [-0.1, -0.05) is 22.0 Å². The van der Waals surface area contributed by atoms with Gasteiger partial charge in [-0.05, 0) is 38.5 Å². The fourth-order valence-corrected chi connectivity index (χ4v) is 2.43. The zero-order chi connectivity index (χ0) is 16.0. The number of ketones is 1. The molecule has 0 fully saturated rings. The highest BCUT2D eigenvalue weighted by Crippen LogP contribution is 2.23. The Labute approximate surface area is 131 Å². The standard InChI is InChI=1S/C15H17BrO5/c1-4-20-14(18)12(15(19)21-5-2)13(17)10-7-6-9(3)8-11(10)16/h6-8,12H,4-5H2,1-3H3. The molecule has 21 heavy (non-hydrogen) atoms. The quantitative estimate of drug-likeness (QED) is 0.445. The summed E-state index contributed by atoms with van der Waals surface area (Å²) in [7, 11) is 0. The molecule has 5 nitrogen and oxygen atoms in total. The molecule has 0 aliphatic carbocycles. The molecule has 0 aliphatic heterocycles. The van der Waals surface area contributed by atoms with Gasteiger partial charge in [-0.2, -0.15) is 0 Å². The predicted octanol–water partition coefficient (Wildman–Crippen LogP) is 2.68. The highest BCUT2D eigenvalue weighted by molar-refractivity contribution is 9.10. The van der Waals surface area contributed by atoms with Crippen LogP contribution in [0.3, 0.4) is 0 Å². The largest absolute Gasteiger partial charge is 0.465 e. The van der Waals surface area contributed by atoms with E-state index in [-0.39, 0.29) is 18.8 Å². The summed E-state index contributed by atoms with van der Waals surface area (Å²) < 4.78 is 10.1. The molecule has 6 heteroatoms. The van der Waals surface area contributed by atoms with Crippen molar-refractivity contribution in [2.24, 2.45) is 5.92 Å². The van der Waals surface area contributed by atoms with E-state index in [2.05, 4.69) is 15.9 Å². The molecule has 0 aliphatic rings. The number of rotatable bonds is 6. The number of halogens is 1. The van der Waals surface area contributed by atoms with Gasteiger partial charge in [-0.25, -0.2) is 0 Å². The van der Waals surface area contributed by atoms with Gasteiger partial charge in [-0.3, -0.25) is 14.4 Å². The van der Waals surface area contributed by atoms with E-state index in [1.165, 1.54) is 0 Å². The molecule has 1 aromatic rings. The average molecular weight is 357 g/mol. The summed E-state index contributed by atoms with van der Waals surface area (Å²) in [6.45, 7) is 5.24. The topological polar surface area (TPSA) is 69.7 Å². The van der Waals surface area contributed by atoms with Gasteiger partial charge < -0.3 is 9.47 Å². The van der Waals surface area contributed by atoms with Crippen molar-refractivity contribution in [3.05, 3.63) is 33.8 Å². The van der Waals surface area contributed by atoms with Gasteiger partial charge in [0.25, 0.3) is 0 Å². The first-order valence-corrected chi connectivity index (χ1v) is 7.35. The lowest BCUT2D eigenvalue weighted by Crippen LogP contribution is -2.35. The molecule has 0 unspecified atom stereocenters. The van der Waals surface area contributed by atoms with Crippen LogP contribution in [0.25, 0.3) is 0 Å². The summed E-state index contributed by atoms with van der Waals surface area (Å²) in [4.78, 5) is 36.3. The third-order valence-corrected chi connectivity index (χ3v) is 3.35. The van der Waals surface area contributed by atoms with E-state index in [0.29, 0.717) is 4.47 Å². The van der Waals surface area contributed by atoms with Gasteiger partial charge >= 0.3 is 11.9 Å². The van der Waals surface area contributed by atoms with Crippen LogP contribution in [0.4, 0.5) is 0 Å². The predicted molar refractivity (Wildman–Crippen MR) is 80.0 cm³/mol. The molecule has 0 saturated heterocycles. The molecule has 0 atom stereocenters. The summed E-state index contributed by atoms with van der Waals surface area (Å²) in [5.74, 6) is -4.02. The highest BCUT2D eigenvalue weighted by atomic mass is 79.9. The van der Waals surface area contributed by atoms with E-state index in [0.717, 1.165) is 5.56 Å². The maximum absolute atomic E-state index is 12.5. The molecule has 0 heterocycles. The maximum atomic E-state index is 12.5. The van der Waals surface area contributed by atoms with Crippen LogP contribution in [-0.4, -0.2) is 30.9 Å². The number of benzene rings is 1. The molecule has 0 radical (unpaired) electrons. The smallest absolute Gasteiger partial charge is 0.328 e. The van der Waals surface area contributed by atoms with Gasteiger partial charge in [0.05, 0.1) is 13.2 Å². The van der Waals surface area contributed by atoms with Crippen LogP contribution >= 0.6 is 15.9 Å². The first-order chi connectivity index (χ1) is 9.92. The second-order valence-corrected chi connectivity index (χ2v) is 5.14. The van der Waals surface area contributed by atoms with E-state index < -0.39 is 23.6 Å². The van der Waals surface area contributed by atoms with Crippen LogP contribution in [-0.2, 0) is 19.1 Å². The Kier molecular flexibility index (Phi) is 6.55. The second-order valence-electron chi connectivity index (χ2n) is 4.28. The van der Waals surface area contributed by atoms with Crippen molar-refractivity contribution < 1.29 is 23.9 Å². The van der Waals surface area contributed by atoms with E-state index in [9.17, 15) is 14.4 Å². The minimum atomic E-state index is -1.59. The van der Waals surface area contributed by atoms with Gasteiger partial charge in [0.2, 0.25) is 5.92 Å². The minimum Gasteiger partial charge on any atom is -0.465 e. The molecular weight excluding hydrogens is 340 g/mol. The van der Waals surface area contributed by atoms with Crippen molar-refractivity contribution in [2.75, 3.05) is 13.2 Å². The number of carbonyl (C=O) groups is 3. The molecule has 1 aromatic carbocycles. The molecular formula is C15H17BrO5. The number of carbonyl (C=O) groups excluding carboxylic acids is 3. The van der Waals surface area contributed by atoms with E-state index in [1.54, 1.807) is 32.0 Å². The number of hydrogen-bond donors (Lipinski definition) is 0. The Morgan fingerprint density at radius 1 is 1.10 bits per heavy atom. The monoisotopic (exact) mass is 356 g/mol. The van der Waals surface area contributed by atoms with E-state index in [1.807, 2.05) is 6.92 Å². The van der Waals surface area contributed by atoms with E-state index >= 15 is 0 Å². The minimum absolute atomic E-state index is 0.0804. The first kappa shape index (κ1) is 17.4. The van der Waals surface area contributed by atoms with Gasteiger partial charge in [0, 0.05) is 10.0 Å². The van der Waals surface area contributed by atoms with Crippen molar-refractivity contribution in [3.8, 4) is 0 Å². The number of hydrogen-bond acceptors (Lipinski definition) is 5. The summed E-state index contributed by atoms with van der Waals surface area (Å²) in [6, 6.07) is 5.03. The molecule has 1 rings (SSSR count). The van der Waals surface area contributed by atoms with E-state index in [4.69, 9.17) is 9.47 Å². The van der Waals surface area contributed by atoms with Gasteiger partial charge in [-0.15, -0.1) is 0 Å². The van der Waals surface area contributed by atoms with Crippen molar-refractivity contribution in [3.63, 3.8) is 0 Å². The van der Waals surface area contributed by atoms with Crippen molar-refractivity contribution in [1.29, 1.82) is 0 Å². The van der Waals surface area contributed by atoms with Gasteiger partial charge in [0.15, 0.2) is 5.78 Å². The molecule has 0 bridgehead atoms. The molecule has 0 spiro atoms. The van der Waals surface area contributed by atoms with Crippen LogP contribution in [0.15, 0.2) is 22.7 Å². The fourth-order valence-electron chi connectivity index (χ4n) is 1.74. The summed E-state index contributed by atoms with van der Waals surface area (Å²) in [5.41, 5.74) is 1.19. The van der Waals surface area contributed by atoms with Crippen LogP contribution in [0.1, 0.15) is 29.8 Å². The number of aryl methyl sites for hydroxylation is 1. The van der Waals surface area contributed by atoms with Crippen LogP contribution < -0.4 is 0 Å². The lowest BCUT2D eigenvalue weighted by molar-refractivity contribution is -0.158. The number of ether oxygens (including phenoxy) is 2. The van der Waals surface area contributed by atoms with Crippen molar-refractivity contribution >= 4 is 33.7 Å². The summed E-state index contributed by atoms with van der Waals surface area (Å²) in [6.07, 6.45) is 0. The molecule has 0 aromatic heterocycles. The van der Waals surface area contributed by atoms with Gasteiger partial charge in [0.1, 0.15) is 0 Å². The molecule has 0 N–H and O–H groups in total. The SMILES string of the molecule is CCOC(=O)C(C(=O)OCC)C(=O)c1ccc(C)cc1Br. The number of Topliss-reactive ketones (excluding diaryl/α,β-unsaturated/α-hetero) is 1. The average Bonchev–Trinajstić information content (AvgIpc) is 2.39. The Hall–Kier alpha value is -1.69. The normalized spacial score (nSPS) is 10.3. The Bertz CT molecular complexity index is 535. The maximum Gasteiger partial charge on any atom is 0.328 e.